The van der Waals surface area contributed by atoms with Crippen molar-refractivity contribution < 1.29 is 10.2 Å². The summed E-state index contributed by atoms with van der Waals surface area (Å²) in [6.45, 7) is 8.46. The van der Waals surface area contributed by atoms with Gasteiger partial charge in [-0.2, -0.15) is 0 Å². The fourth-order valence-corrected chi connectivity index (χ4v) is 7.58. The van der Waals surface area contributed by atoms with Crippen molar-refractivity contribution >= 4 is 0 Å². The van der Waals surface area contributed by atoms with Gasteiger partial charge in [-0.25, -0.2) is 0 Å². The first-order chi connectivity index (χ1) is 17.5. The Balaban J connectivity index is 1.51. The van der Waals surface area contributed by atoms with E-state index in [0.717, 1.165) is 87.0 Å². The minimum atomic E-state index is 0.435. The van der Waals surface area contributed by atoms with Crippen molar-refractivity contribution in [2.24, 2.45) is 0 Å². The van der Waals surface area contributed by atoms with E-state index in [1.165, 1.54) is 60.8 Å². The van der Waals surface area contributed by atoms with Crippen LogP contribution in [-0.2, 0) is 38.8 Å². The molecule has 0 amide bonds. The predicted octanol–water partition coefficient (Wildman–Crippen LogP) is 6.49. The van der Waals surface area contributed by atoms with Gasteiger partial charge in [-0.05, 0) is 126 Å². The van der Waals surface area contributed by atoms with E-state index in [1.807, 2.05) is 0 Å². The van der Waals surface area contributed by atoms with Gasteiger partial charge in [0.25, 0.3) is 0 Å². The van der Waals surface area contributed by atoms with E-state index in [9.17, 15) is 10.2 Å². The normalized spacial score (nSPS) is 24.7. The molecule has 2 unspecified atom stereocenters. The van der Waals surface area contributed by atoms with Gasteiger partial charge < -0.3 is 10.2 Å². The summed E-state index contributed by atoms with van der Waals surface area (Å²) in [4.78, 5) is 5.04. The molecule has 194 valence electrons. The number of rotatable bonds is 5. The van der Waals surface area contributed by atoms with Crippen molar-refractivity contribution in [1.29, 1.82) is 0 Å². The molecule has 36 heavy (non-hydrogen) atoms. The molecular weight excluding hydrogens is 444 g/mol. The standard InChI is InChI=1S/C32H44N2O2/c1-21-9-7-15-33(21)19-25-17-23-11-3-5-13-27(23)29(31(25)35)30-28-14-6-4-12-24(28)18-26(32(30)36)20-34-16-8-10-22(34)2/h17-18,21-22,35-36H,3-16,19-20H2,1-2H3. The number of hydrogen-bond donors (Lipinski definition) is 2. The second kappa shape index (κ2) is 10.0. The highest BCUT2D eigenvalue weighted by Gasteiger charge is 2.31. The molecule has 2 aliphatic carbocycles. The molecule has 0 saturated carbocycles. The van der Waals surface area contributed by atoms with E-state index in [2.05, 4.69) is 35.8 Å². The average molecular weight is 489 g/mol. The van der Waals surface area contributed by atoms with E-state index in [1.54, 1.807) is 0 Å². The van der Waals surface area contributed by atoms with Crippen LogP contribution in [0.4, 0.5) is 0 Å². The number of aromatic hydroxyl groups is 2. The SMILES string of the molecule is CC1CCCN1Cc1cc2c(c(-c3c(O)c(CN4CCCC4C)cc4c3CCCC4)c1O)CCCC2. The van der Waals surface area contributed by atoms with E-state index in [-0.39, 0.29) is 0 Å². The van der Waals surface area contributed by atoms with Crippen LogP contribution in [0.1, 0.15) is 98.6 Å². The van der Waals surface area contributed by atoms with Crippen LogP contribution >= 0.6 is 0 Å². The van der Waals surface area contributed by atoms with Gasteiger partial charge in [0.2, 0.25) is 0 Å². The minimum absolute atomic E-state index is 0.435. The van der Waals surface area contributed by atoms with Crippen LogP contribution in [0, 0.1) is 0 Å². The first kappa shape index (κ1) is 24.3. The Morgan fingerprint density at radius 2 is 1.06 bits per heavy atom. The lowest BCUT2D eigenvalue weighted by Crippen LogP contribution is -2.27. The van der Waals surface area contributed by atoms with Crippen LogP contribution in [0.3, 0.4) is 0 Å². The third-order valence-corrected chi connectivity index (χ3v) is 9.78. The second-order valence-electron chi connectivity index (χ2n) is 12.1. The number of phenols is 2. The smallest absolute Gasteiger partial charge is 0.128 e. The molecule has 0 aromatic heterocycles. The third kappa shape index (κ3) is 4.35. The first-order valence-corrected chi connectivity index (χ1v) is 14.7. The maximum absolute atomic E-state index is 11.9. The molecular formula is C32H44N2O2. The summed E-state index contributed by atoms with van der Waals surface area (Å²) < 4.78 is 0. The molecule has 2 atom stereocenters. The molecule has 0 bridgehead atoms. The van der Waals surface area contributed by atoms with E-state index < -0.39 is 0 Å². The molecule has 0 spiro atoms. The Bertz CT molecular complexity index is 1050. The van der Waals surface area contributed by atoms with E-state index in [4.69, 9.17) is 0 Å². The van der Waals surface area contributed by atoms with Crippen molar-refractivity contribution in [2.75, 3.05) is 13.1 Å². The number of likely N-dealkylation sites (tertiary alicyclic amines) is 2. The summed E-state index contributed by atoms with van der Waals surface area (Å²) in [5.41, 5.74) is 9.46. The lowest BCUT2D eigenvalue weighted by atomic mass is 9.78. The number of benzene rings is 2. The maximum Gasteiger partial charge on any atom is 0.128 e. The number of phenolic OH excluding ortho intramolecular Hbond substituents is 2. The van der Waals surface area contributed by atoms with Crippen molar-refractivity contribution in [1.82, 2.24) is 9.80 Å². The van der Waals surface area contributed by atoms with Crippen LogP contribution in [0.25, 0.3) is 11.1 Å². The molecule has 2 fully saturated rings. The Morgan fingerprint density at radius 1 is 0.639 bits per heavy atom. The number of fused-ring (bicyclic) bond motifs is 2. The Hall–Kier alpha value is -2.04. The van der Waals surface area contributed by atoms with Crippen LogP contribution in [0.5, 0.6) is 11.5 Å². The van der Waals surface area contributed by atoms with Gasteiger partial charge in [-0.1, -0.05) is 12.1 Å². The van der Waals surface area contributed by atoms with Gasteiger partial charge in [-0.15, -0.1) is 0 Å². The van der Waals surface area contributed by atoms with Gasteiger partial charge in [0.15, 0.2) is 0 Å². The average Bonchev–Trinajstić information content (AvgIpc) is 3.48. The molecule has 2 N–H and O–H groups in total. The van der Waals surface area contributed by atoms with Gasteiger partial charge in [-0.3, -0.25) is 9.80 Å². The quantitative estimate of drug-likeness (QED) is 0.505. The van der Waals surface area contributed by atoms with Crippen molar-refractivity contribution in [3.05, 3.63) is 45.5 Å². The zero-order valence-electron chi connectivity index (χ0n) is 22.4. The summed E-state index contributed by atoms with van der Waals surface area (Å²) in [6.07, 6.45) is 13.9. The highest BCUT2D eigenvalue weighted by molar-refractivity contribution is 5.85. The van der Waals surface area contributed by atoms with Crippen molar-refractivity contribution in [3.63, 3.8) is 0 Å². The van der Waals surface area contributed by atoms with Crippen LogP contribution in [-0.4, -0.2) is 45.2 Å². The monoisotopic (exact) mass is 488 g/mol. The van der Waals surface area contributed by atoms with Crippen LogP contribution < -0.4 is 0 Å². The Labute approximate surface area is 217 Å². The highest BCUT2D eigenvalue weighted by atomic mass is 16.3. The minimum Gasteiger partial charge on any atom is -0.507 e. The maximum atomic E-state index is 11.9. The fourth-order valence-electron chi connectivity index (χ4n) is 7.58. The summed E-state index contributed by atoms with van der Waals surface area (Å²) >= 11 is 0. The van der Waals surface area contributed by atoms with Gasteiger partial charge in [0.05, 0.1) is 0 Å². The van der Waals surface area contributed by atoms with Crippen LogP contribution in [0.15, 0.2) is 12.1 Å². The van der Waals surface area contributed by atoms with Gasteiger partial charge >= 0.3 is 0 Å². The number of nitrogens with zero attached hydrogens (tertiary/aromatic N) is 2. The highest BCUT2D eigenvalue weighted by Crippen LogP contribution is 2.49. The largest absolute Gasteiger partial charge is 0.507 e. The van der Waals surface area contributed by atoms with Gasteiger partial charge in [0.1, 0.15) is 11.5 Å². The summed E-state index contributed by atoms with van der Waals surface area (Å²) in [7, 11) is 0. The molecule has 2 aromatic carbocycles. The number of hydrogen-bond acceptors (Lipinski definition) is 4. The number of aryl methyl sites for hydroxylation is 2. The summed E-state index contributed by atoms with van der Waals surface area (Å²) in [6, 6.07) is 5.74. The van der Waals surface area contributed by atoms with Gasteiger partial charge in [0, 0.05) is 47.4 Å². The lowest BCUT2D eigenvalue weighted by Gasteiger charge is -2.30. The summed E-state index contributed by atoms with van der Waals surface area (Å²) in [5.74, 6) is 0.869. The zero-order chi connectivity index (χ0) is 24.8. The van der Waals surface area contributed by atoms with Crippen molar-refractivity contribution in [2.45, 2.75) is 116 Å². The molecule has 4 aliphatic rings. The molecule has 2 aliphatic heterocycles. The van der Waals surface area contributed by atoms with E-state index >= 15 is 0 Å². The van der Waals surface area contributed by atoms with E-state index in [0.29, 0.717) is 23.6 Å². The first-order valence-electron chi connectivity index (χ1n) is 14.7. The molecule has 4 nitrogen and oxygen atoms in total. The third-order valence-electron chi connectivity index (χ3n) is 9.78. The molecule has 0 radical (unpaired) electrons. The predicted molar refractivity (Wildman–Crippen MR) is 147 cm³/mol. The van der Waals surface area contributed by atoms with Crippen LogP contribution in [0.2, 0.25) is 0 Å². The topological polar surface area (TPSA) is 46.9 Å². The zero-order valence-corrected chi connectivity index (χ0v) is 22.4. The second-order valence-corrected chi connectivity index (χ2v) is 12.1. The summed E-state index contributed by atoms with van der Waals surface area (Å²) in [5, 5.41) is 23.9. The lowest BCUT2D eigenvalue weighted by molar-refractivity contribution is 0.256. The Morgan fingerprint density at radius 3 is 1.44 bits per heavy atom. The molecule has 2 saturated heterocycles. The fraction of sp³-hybridized carbons (Fsp3) is 0.625. The molecule has 2 heterocycles. The molecule has 4 heteroatoms. The Kier molecular flexibility index (Phi) is 6.77. The molecule has 6 rings (SSSR count). The van der Waals surface area contributed by atoms with Crippen molar-refractivity contribution in [3.8, 4) is 22.6 Å². The molecule has 2 aromatic rings.